The molecule has 0 bridgehead atoms. The Morgan fingerprint density at radius 3 is 2.03 bits per heavy atom. The summed E-state index contributed by atoms with van der Waals surface area (Å²) in [6.45, 7) is 7.08. The van der Waals surface area contributed by atoms with Crippen LogP contribution in [0.5, 0.6) is 0 Å². The van der Waals surface area contributed by atoms with Crippen LogP contribution in [0.1, 0.15) is 44.4 Å². The second-order valence-corrected chi connectivity index (χ2v) is 11.6. The number of benzene rings is 3. The molecule has 0 aromatic heterocycles. The number of rotatable bonds is 6. The highest BCUT2D eigenvalue weighted by atomic mass is 28.3. The summed E-state index contributed by atoms with van der Waals surface area (Å²) >= 11 is 0. The van der Waals surface area contributed by atoms with Crippen molar-refractivity contribution in [2.24, 2.45) is 5.92 Å². The van der Waals surface area contributed by atoms with Gasteiger partial charge in [0.25, 0.3) is 0 Å². The maximum atomic E-state index is 12.6. The van der Waals surface area contributed by atoms with Gasteiger partial charge in [0.2, 0.25) is 9.04 Å². The van der Waals surface area contributed by atoms with Crippen molar-refractivity contribution < 1.29 is 14.0 Å². The molecular weight excluding hydrogens is 400 g/mol. The van der Waals surface area contributed by atoms with E-state index in [2.05, 4.69) is 93.6 Å². The smallest absolute Gasteiger partial charge is 0.312 e. The Hall–Kier alpha value is -2.69. The van der Waals surface area contributed by atoms with Gasteiger partial charge in [0.1, 0.15) is 0 Å². The third-order valence-corrected chi connectivity index (χ3v) is 8.46. The fourth-order valence-electron chi connectivity index (χ4n) is 4.13. The first-order valence-electron chi connectivity index (χ1n) is 11.0. The van der Waals surface area contributed by atoms with Crippen LogP contribution >= 0.6 is 0 Å². The molecule has 0 amide bonds. The van der Waals surface area contributed by atoms with Gasteiger partial charge in [-0.05, 0) is 33.3 Å². The number of hydrogen-bond donors (Lipinski definition) is 0. The van der Waals surface area contributed by atoms with Crippen LogP contribution in [0.25, 0.3) is 0 Å². The van der Waals surface area contributed by atoms with Crippen molar-refractivity contribution in [1.82, 2.24) is 0 Å². The van der Waals surface area contributed by atoms with Gasteiger partial charge in [-0.3, -0.25) is 4.79 Å². The van der Waals surface area contributed by atoms with E-state index in [9.17, 15) is 4.79 Å². The number of carbonyl (C=O) groups is 1. The van der Waals surface area contributed by atoms with Gasteiger partial charge in [0.05, 0.1) is 18.6 Å². The number of esters is 1. The highest BCUT2D eigenvalue weighted by Crippen LogP contribution is 2.35. The lowest BCUT2D eigenvalue weighted by Crippen LogP contribution is -2.46. The van der Waals surface area contributed by atoms with Crippen LogP contribution < -0.4 is 10.4 Å². The minimum absolute atomic E-state index is 0.0203. The molecule has 0 N–H and O–H groups in total. The fraction of sp³-hybridized carbons (Fsp3) is 0.296. The van der Waals surface area contributed by atoms with E-state index < -0.39 is 9.04 Å². The molecule has 2 atom stereocenters. The Morgan fingerprint density at radius 2 is 1.52 bits per heavy atom. The van der Waals surface area contributed by atoms with Gasteiger partial charge in [-0.25, -0.2) is 0 Å². The van der Waals surface area contributed by atoms with Crippen molar-refractivity contribution in [2.75, 3.05) is 6.61 Å². The van der Waals surface area contributed by atoms with Gasteiger partial charge in [-0.15, -0.1) is 0 Å². The van der Waals surface area contributed by atoms with E-state index in [-0.39, 0.29) is 23.4 Å². The van der Waals surface area contributed by atoms with E-state index in [1.54, 1.807) is 0 Å². The van der Waals surface area contributed by atoms with Crippen LogP contribution in [-0.4, -0.2) is 21.6 Å². The van der Waals surface area contributed by atoms with Crippen LogP contribution in [0.2, 0.25) is 0 Å². The molecule has 4 rings (SSSR count). The summed E-state index contributed by atoms with van der Waals surface area (Å²) in [7, 11) is -2.03. The zero-order chi connectivity index (χ0) is 21.8. The van der Waals surface area contributed by atoms with Crippen molar-refractivity contribution in [1.29, 1.82) is 0 Å². The molecule has 160 valence electrons. The molecule has 1 fully saturated rings. The lowest BCUT2D eigenvalue weighted by Gasteiger charge is -2.29. The second kappa shape index (κ2) is 9.21. The minimum atomic E-state index is -2.03. The monoisotopic (exact) mass is 430 g/mol. The van der Waals surface area contributed by atoms with E-state index in [1.165, 1.54) is 15.9 Å². The van der Waals surface area contributed by atoms with Crippen molar-refractivity contribution >= 4 is 25.4 Å². The summed E-state index contributed by atoms with van der Waals surface area (Å²) in [5.41, 5.74) is 2.31. The fourth-order valence-corrected chi connectivity index (χ4v) is 6.61. The van der Waals surface area contributed by atoms with E-state index in [4.69, 9.17) is 9.16 Å². The summed E-state index contributed by atoms with van der Waals surface area (Å²) < 4.78 is 12.3. The van der Waals surface area contributed by atoms with Gasteiger partial charge < -0.3 is 9.16 Å². The lowest BCUT2D eigenvalue weighted by molar-refractivity contribution is -0.143. The number of ether oxygens (including phenoxy) is 1. The zero-order valence-corrected chi connectivity index (χ0v) is 19.6. The zero-order valence-electron chi connectivity index (χ0n) is 18.5. The number of hydrogen-bond acceptors (Lipinski definition) is 3. The molecule has 1 heterocycles. The standard InChI is InChI=1S/C27H30O3Si/c1-27(2,3)21-12-10-11-20(19-21)25(24-17-18-29-26(24)28)30-31(22-13-6-4-7-14-22)23-15-8-5-9-16-23/h4-16,19,24-25,31H,17-18H2,1-3H3. The molecule has 1 saturated heterocycles. The molecule has 2 unspecified atom stereocenters. The summed E-state index contributed by atoms with van der Waals surface area (Å²) in [6.07, 6.45) is 0.364. The number of carbonyl (C=O) groups excluding carboxylic acids is 1. The van der Waals surface area contributed by atoms with Crippen LogP contribution in [0.3, 0.4) is 0 Å². The van der Waals surface area contributed by atoms with Crippen molar-refractivity contribution in [3.8, 4) is 0 Å². The van der Waals surface area contributed by atoms with Gasteiger partial charge in [0, 0.05) is 0 Å². The third-order valence-electron chi connectivity index (χ3n) is 5.91. The normalized spacial score (nSPS) is 17.5. The summed E-state index contributed by atoms with van der Waals surface area (Å²) in [5.74, 6) is -0.433. The second-order valence-electron chi connectivity index (χ2n) is 9.20. The summed E-state index contributed by atoms with van der Waals surface area (Å²) in [4.78, 5) is 12.6. The van der Waals surface area contributed by atoms with Crippen LogP contribution in [0.15, 0.2) is 84.9 Å². The summed E-state index contributed by atoms with van der Waals surface area (Å²) in [5, 5.41) is 2.41. The van der Waals surface area contributed by atoms with Crippen LogP contribution in [0, 0.1) is 5.92 Å². The molecule has 1 aliphatic heterocycles. The van der Waals surface area contributed by atoms with Gasteiger partial charge >= 0.3 is 5.97 Å². The molecular formula is C27H30O3Si. The molecule has 4 heteroatoms. The van der Waals surface area contributed by atoms with Gasteiger partial charge in [0.15, 0.2) is 0 Å². The summed E-state index contributed by atoms with van der Waals surface area (Å²) in [6, 6.07) is 29.4. The predicted molar refractivity (Wildman–Crippen MR) is 127 cm³/mol. The topological polar surface area (TPSA) is 35.5 Å². The Labute approximate surface area is 186 Å². The van der Waals surface area contributed by atoms with Crippen LogP contribution in [0.4, 0.5) is 0 Å². The number of cyclic esters (lactones) is 1. The van der Waals surface area contributed by atoms with E-state index >= 15 is 0 Å². The maximum Gasteiger partial charge on any atom is 0.312 e. The first kappa shape index (κ1) is 21.5. The average molecular weight is 431 g/mol. The Morgan fingerprint density at radius 1 is 0.903 bits per heavy atom. The highest BCUT2D eigenvalue weighted by Gasteiger charge is 2.38. The van der Waals surface area contributed by atoms with E-state index in [0.29, 0.717) is 13.0 Å². The Balaban J connectivity index is 1.77. The Kier molecular flexibility index (Phi) is 6.40. The third kappa shape index (κ3) is 4.97. The maximum absolute atomic E-state index is 12.6. The molecule has 31 heavy (non-hydrogen) atoms. The Bertz CT molecular complexity index is 972. The quantitative estimate of drug-likeness (QED) is 0.435. The molecule has 0 saturated carbocycles. The average Bonchev–Trinajstić information content (AvgIpc) is 3.21. The molecule has 0 spiro atoms. The van der Waals surface area contributed by atoms with Crippen molar-refractivity contribution in [3.05, 3.63) is 96.1 Å². The lowest BCUT2D eigenvalue weighted by atomic mass is 9.84. The van der Waals surface area contributed by atoms with Gasteiger partial charge in [-0.2, -0.15) is 0 Å². The molecule has 3 aromatic rings. The largest absolute Gasteiger partial charge is 0.465 e. The van der Waals surface area contributed by atoms with Crippen LogP contribution in [-0.2, 0) is 19.4 Å². The van der Waals surface area contributed by atoms with Crippen molar-refractivity contribution in [2.45, 2.75) is 38.7 Å². The van der Waals surface area contributed by atoms with Crippen molar-refractivity contribution in [3.63, 3.8) is 0 Å². The van der Waals surface area contributed by atoms with E-state index in [0.717, 1.165) is 5.56 Å². The van der Waals surface area contributed by atoms with E-state index in [1.807, 2.05) is 12.1 Å². The predicted octanol–water partition coefficient (Wildman–Crippen LogP) is 4.14. The molecule has 0 aliphatic carbocycles. The highest BCUT2D eigenvalue weighted by molar-refractivity contribution is 6.80. The first-order valence-corrected chi connectivity index (χ1v) is 12.6. The van der Waals surface area contributed by atoms with Gasteiger partial charge in [-0.1, -0.05) is 106 Å². The molecule has 3 aromatic carbocycles. The SMILES string of the molecule is CC(C)(C)c1cccc(C(O[SiH](c2ccccc2)c2ccccc2)C2CCOC2=O)c1. The first-order chi connectivity index (χ1) is 14.9. The molecule has 1 aliphatic rings. The molecule has 0 radical (unpaired) electrons. The minimum Gasteiger partial charge on any atom is -0.465 e. The molecule has 3 nitrogen and oxygen atoms in total.